The van der Waals surface area contributed by atoms with Crippen LogP contribution in [0, 0.1) is 0 Å². The first kappa shape index (κ1) is 11.9. The standard InChI is InChI=1S/C16H15PS/c18-17(15-10-4-5-11-15,16-12-6-7-13-16)14-8-2-1-3-9-14/h1-13,15-16H. The molecule has 0 aliphatic heterocycles. The lowest BCUT2D eigenvalue weighted by atomic mass is 10.4. The molecule has 0 bridgehead atoms. The van der Waals surface area contributed by atoms with Crippen molar-refractivity contribution in [3.05, 3.63) is 78.9 Å². The van der Waals surface area contributed by atoms with Gasteiger partial charge in [0.25, 0.3) is 0 Å². The molecule has 0 unspecified atom stereocenters. The Hall–Kier alpha value is -1.17. The Morgan fingerprint density at radius 1 is 0.722 bits per heavy atom. The lowest BCUT2D eigenvalue weighted by molar-refractivity contribution is 1.34. The van der Waals surface area contributed by atoms with Crippen molar-refractivity contribution in [2.75, 3.05) is 0 Å². The molecule has 0 N–H and O–H groups in total. The highest BCUT2D eigenvalue weighted by atomic mass is 32.4. The molecule has 0 saturated heterocycles. The van der Waals surface area contributed by atoms with Gasteiger partial charge >= 0.3 is 0 Å². The molecule has 0 fully saturated rings. The highest BCUT2D eigenvalue weighted by molar-refractivity contribution is 8.19. The summed E-state index contributed by atoms with van der Waals surface area (Å²) in [6, 6.07) is 8.97. The molecule has 2 aliphatic carbocycles. The topological polar surface area (TPSA) is 0 Å². The molecule has 0 nitrogen and oxygen atoms in total. The first-order valence-electron chi connectivity index (χ1n) is 6.17. The number of hydrogen-bond acceptors (Lipinski definition) is 1. The second-order valence-electron chi connectivity index (χ2n) is 4.57. The fourth-order valence-electron chi connectivity index (χ4n) is 2.56. The van der Waals surface area contributed by atoms with Crippen molar-refractivity contribution in [1.82, 2.24) is 0 Å². The van der Waals surface area contributed by atoms with Crippen molar-refractivity contribution in [2.24, 2.45) is 0 Å². The molecule has 2 aliphatic rings. The third kappa shape index (κ3) is 1.88. The average molecular weight is 270 g/mol. The third-order valence-corrected chi connectivity index (χ3v) is 9.16. The largest absolute Gasteiger partial charge is 0.0907 e. The van der Waals surface area contributed by atoms with Crippen molar-refractivity contribution in [3.63, 3.8) is 0 Å². The van der Waals surface area contributed by atoms with Gasteiger partial charge in [-0.2, -0.15) is 0 Å². The molecule has 0 spiro atoms. The van der Waals surface area contributed by atoms with Gasteiger partial charge in [0.15, 0.2) is 0 Å². The van der Waals surface area contributed by atoms with Gasteiger partial charge in [0.2, 0.25) is 0 Å². The maximum Gasteiger partial charge on any atom is 0.0293 e. The van der Waals surface area contributed by atoms with E-state index < -0.39 is 6.04 Å². The van der Waals surface area contributed by atoms with Gasteiger partial charge in [0.05, 0.1) is 0 Å². The molecule has 0 heterocycles. The Labute approximate surface area is 113 Å². The molecule has 3 rings (SSSR count). The summed E-state index contributed by atoms with van der Waals surface area (Å²) in [4.78, 5) is 0. The summed E-state index contributed by atoms with van der Waals surface area (Å²) >= 11 is 6.19. The minimum atomic E-state index is -1.68. The van der Waals surface area contributed by atoms with E-state index in [0.717, 1.165) is 0 Å². The van der Waals surface area contributed by atoms with E-state index in [9.17, 15) is 0 Å². The summed E-state index contributed by atoms with van der Waals surface area (Å²) in [5, 5.41) is 1.34. The summed E-state index contributed by atoms with van der Waals surface area (Å²) in [5.41, 5.74) is 0.791. The molecule has 1 aromatic carbocycles. The van der Waals surface area contributed by atoms with Crippen molar-refractivity contribution in [1.29, 1.82) is 0 Å². The Kier molecular flexibility index (Phi) is 3.20. The van der Waals surface area contributed by atoms with Crippen LogP contribution in [0.5, 0.6) is 0 Å². The molecule has 0 aromatic heterocycles. The maximum atomic E-state index is 6.19. The van der Waals surface area contributed by atoms with Crippen molar-refractivity contribution < 1.29 is 0 Å². The fraction of sp³-hybridized carbons (Fsp3) is 0.125. The van der Waals surface area contributed by atoms with Crippen LogP contribution in [-0.4, -0.2) is 11.3 Å². The van der Waals surface area contributed by atoms with Crippen LogP contribution >= 0.6 is 6.04 Å². The SMILES string of the molecule is S=P(c1ccccc1)(C1C=CC=C1)C1C=CC=C1. The van der Waals surface area contributed by atoms with Crippen molar-refractivity contribution >= 4 is 23.1 Å². The zero-order valence-corrected chi connectivity index (χ0v) is 11.7. The Morgan fingerprint density at radius 3 is 1.61 bits per heavy atom. The van der Waals surface area contributed by atoms with Gasteiger partial charge in [-0.25, -0.2) is 0 Å². The smallest absolute Gasteiger partial charge is 0.0293 e. The summed E-state index contributed by atoms with van der Waals surface area (Å²) in [6.07, 6.45) is 17.5. The third-order valence-electron chi connectivity index (χ3n) is 3.50. The first-order valence-corrected chi connectivity index (χ1v) is 9.11. The molecule has 0 saturated carbocycles. The minimum absolute atomic E-state index is 0.396. The van der Waals surface area contributed by atoms with E-state index in [2.05, 4.69) is 78.9 Å². The molecule has 0 amide bonds. The second kappa shape index (κ2) is 4.84. The average Bonchev–Trinajstić information content (AvgIpc) is 3.12. The molecule has 0 atom stereocenters. The van der Waals surface area contributed by atoms with Crippen LogP contribution in [0.15, 0.2) is 78.9 Å². The summed E-state index contributed by atoms with van der Waals surface area (Å²) in [5.74, 6) is 0. The van der Waals surface area contributed by atoms with E-state index in [-0.39, 0.29) is 0 Å². The monoisotopic (exact) mass is 270 g/mol. The molecular weight excluding hydrogens is 255 g/mol. The minimum Gasteiger partial charge on any atom is -0.0907 e. The summed E-state index contributed by atoms with van der Waals surface area (Å²) in [7, 11) is 0. The zero-order chi connectivity index (χ0) is 12.4. The lowest BCUT2D eigenvalue weighted by Crippen LogP contribution is -2.20. The molecule has 90 valence electrons. The van der Waals surface area contributed by atoms with E-state index in [4.69, 9.17) is 11.8 Å². The normalized spacial score (nSPS) is 19.1. The van der Waals surface area contributed by atoms with Crippen molar-refractivity contribution in [2.45, 2.75) is 11.3 Å². The van der Waals surface area contributed by atoms with E-state index in [1.807, 2.05) is 0 Å². The number of rotatable bonds is 3. The van der Waals surface area contributed by atoms with Gasteiger partial charge in [0, 0.05) is 17.4 Å². The first-order chi connectivity index (χ1) is 8.82. The summed E-state index contributed by atoms with van der Waals surface area (Å²) in [6.45, 7) is 0. The molecule has 0 radical (unpaired) electrons. The molecular formula is C16H15PS. The Morgan fingerprint density at radius 2 is 1.17 bits per heavy atom. The van der Waals surface area contributed by atoms with Gasteiger partial charge in [-0.15, -0.1) is 0 Å². The fourth-order valence-corrected chi connectivity index (χ4v) is 6.91. The van der Waals surface area contributed by atoms with Crippen LogP contribution in [0.4, 0.5) is 0 Å². The van der Waals surface area contributed by atoms with Crippen LogP contribution in [0.1, 0.15) is 0 Å². The van der Waals surface area contributed by atoms with Crippen LogP contribution in [-0.2, 0) is 11.8 Å². The van der Waals surface area contributed by atoms with Gasteiger partial charge in [0.1, 0.15) is 0 Å². The van der Waals surface area contributed by atoms with Crippen LogP contribution in [0.3, 0.4) is 0 Å². The van der Waals surface area contributed by atoms with E-state index in [1.54, 1.807) is 0 Å². The Balaban J connectivity index is 2.11. The molecule has 2 heteroatoms. The van der Waals surface area contributed by atoms with Crippen LogP contribution < -0.4 is 5.30 Å². The highest BCUT2D eigenvalue weighted by Crippen LogP contribution is 2.58. The maximum absolute atomic E-state index is 6.19. The quantitative estimate of drug-likeness (QED) is 0.753. The lowest BCUT2D eigenvalue weighted by Gasteiger charge is -2.31. The molecule has 18 heavy (non-hydrogen) atoms. The van der Waals surface area contributed by atoms with E-state index in [0.29, 0.717) is 11.3 Å². The van der Waals surface area contributed by atoms with E-state index in [1.165, 1.54) is 5.30 Å². The predicted molar refractivity (Wildman–Crippen MR) is 84.5 cm³/mol. The number of allylic oxidation sites excluding steroid dienone is 8. The number of benzene rings is 1. The second-order valence-corrected chi connectivity index (χ2v) is 9.51. The van der Waals surface area contributed by atoms with Gasteiger partial charge in [-0.05, 0) is 5.30 Å². The predicted octanol–water partition coefficient (Wildman–Crippen LogP) is 3.78. The van der Waals surface area contributed by atoms with Gasteiger partial charge in [-0.3, -0.25) is 0 Å². The molecule has 1 aromatic rings. The highest BCUT2D eigenvalue weighted by Gasteiger charge is 2.33. The summed E-state index contributed by atoms with van der Waals surface area (Å²) < 4.78 is 0. The van der Waals surface area contributed by atoms with Crippen LogP contribution in [0.2, 0.25) is 0 Å². The van der Waals surface area contributed by atoms with Crippen molar-refractivity contribution in [3.8, 4) is 0 Å². The number of hydrogen-bond donors (Lipinski definition) is 0. The zero-order valence-electron chi connectivity index (χ0n) is 10.0. The Bertz CT molecular complexity index is 537. The van der Waals surface area contributed by atoms with Gasteiger partial charge in [-0.1, -0.05) is 90.7 Å². The van der Waals surface area contributed by atoms with E-state index >= 15 is 0 Å². The van der Waals surface area contributed by atoms with Gasteiger partial charge < -0.3 is 0 Å². The van der Waals surface area contributed by atoms with Crippen LogP contribution in [0.25, 0.3) is 0 Å².